The van der Waals surface area contributed by atoms with Crippen molar-refractivity contribution >= 4 is 21.4 Å². The number of H-pyrrole nitrogens is 1. The number of aromatic amines is 1. The van der Waals surface area contributed by atoms with Crippen molar-refractivity contribution in [2.75, 3.05) is 6.61 Å². The molecule has 7 heteroatoms. The van der Waals surface area contributed by atoms with Crippen molar-refractivity contribution in [1.29, 1.82) is 0 Å². The number of pyridine rings is 1. The summed E-state index contributed by atoms with van der Waals surface area (Å²) < 4.78 is 8.37. The van der Waals surface area contributed by atoms with Crippen LogP contribution in [-0.4, -0.2) is 26.5 Å². The molecule has 1 aliphatic heterocycles. The Morgan fingerprint density at radius 3 is 3.04 bits per heavy atom. The fraction of sp³-hybridized carbons (Fsp3) is 0.375. The lowest BCUT2D eigenvalue weighted by Gasteiger charge is -2.11. The molecule has 1 aliphatic rings. The molecule has 0 spiro atoms. The molecule has 2 N–H and O–H groups in total. The highest BCUT2D eigenvalue weighted by Gasteiger charge is 2.26. The van der Waals surface area contributed by atoms with Gasteiger partial charge in [0.2, 0.25) is 0 Å². The molecule has 3 aromatic rings. The van der Waals surface area contributed by atoms with Gasteiger partial charge in [0.15, 0.2) is 0 Å². The van der Waals surface area contributed by atoms with Crippen LogP contribution in [0.25, 0.3) is 20.5 Å². The van der Waals surface area contributed by atoms with Gasteiger partial charge < -0.3 is 14.8 Å². The predicted molar refractivity (Wildman–Crippen MR) is 89.1 cm³/mol. The van der Waals surface area contributed by atoms with Gasteiger partial charge in [-0.15, -0.1) is 11.3 Å². The van der Waals surface area contributed by atoms with E-state index in [9.17, 15) is 9.90 Å². The molecule has 0 aliphatic carbocycles. The summed E-state index contributed by atoms with van der Waals surface area (Å²) in [6.45, 7) is 2.27. The fourth-order valence-corrected chi connectivity index (χ4v) is 4.29. The highest BCUT2D eigenvalue weighted by Crippen LogP contribution is 2.46. The zero-order valence-electron chi connectivity index (χ0n) is 12.9. The van der Waals surface area contributed by atoms with Crippen LogP contribution in [0.5, 0.6) is 5.75 Å². The van der Waals surface area contributed by atoms with E-state index in [4.69, 9.17) is 4.74 Å². The number of aryl methyl sites for hydroxylation is 2. The molecule has 1 unspecified atom stereocenters. The second-order valence-corrected chi connectivity index (χ2v) is 6.86. The summed E-state index contributed by atoms with van der Waals surface area (Å²) in [4.78, 5) is 16.3. The number of aliphatic hydroxyl groups excluding tert-OH is 1. The lowest BCUT2D eigenvalue weighted by atomic mass is 10.0. The van der Waals surface area contributed by atoms with E-state index < -0.39 is 6.10 Å². The highest BCUT2D eigenvalue weighted by atomic mass is 32.1. The number of aromatic nitrogens is 3. The van der Waals surface area contributed by atoms with Gasteiger partial charge >= 0.3 is 0 Å². The lowest BCUT2D eigenvalue weighted by Crippen LogP contribution is -2.13. The third kappa shape index (κ3) is 2.19. The zero-order valence-corrected chi connectivity index (χ0v) is 13.7. The summed E-state index contributed by atoms with van der Waals surface area (Å²) in [5.74, 6) is 0.749. The van der Waals surface area contributed by atoms with Crippen LogP contribution in [-0.2, 0) is 13.5 Å². The quantitative estimate of drug-likeness (QED) is 0.755. The molecule has 0 radical (unpaired) electrons. The molecular formula is C16H17N3O3S. The van der Waals surface area contributed by atoms with Crippen LogP contribution in [0.2, 0.25) is 0 Å². The highest BCUT2D eigenvalue weighted by molar-refractivity contribution is 7.22. The summed E-state index contributed by atoms with van der Waals surface area (Å²) in [6.07, 6.45) is 4.61. The Balaban J connectivity index is 2.10. The molecule has 0 aromatic carbocycles. The summed E-state index contributed by atoms with van der Waals surface area (Å²) in [7, 11) is 1.86. The number of hydrogen-bond acceptors (Lipinski definition) is 5. The van der Waals surface area contributed by atoms with Crippen LogP contribution >= 0.6 is 11.3 Å². The molecule has 0 saturated heterocycles. The normalized spacial score (nSPS) is 15.4. The number of aliphatic hydroxyl groups is 1. The first-order valence-electron chi connectivity index (χ1n) is 7.57. The van der Waals surface area contributed by atoms with E-state index >= 15 is 0 Å². The first kappa shape index (κ1) is 14.5. The largest absolute Gasteiger partial charge is 0.491 e. The van der Waals surface area contributed by atoms with Gasteiger partial charge in [-0.05, 0) is 25.3 Å². The smallest absolute Gasteiger partial charge is 0.266 e. The molecular weight excluding hydrogens is 314 g/mol. The maximum Gasteiger partial charge on any atom is 0.266 e. The number of hydrogen-bond donors (Lipinski definition) is 2. The Hall–Kier alpha value is -2.12. The molecule has 0 fully saturated rings. The number of rotatable bonds is 2. The summed E-state index contributed by atoms with van der Waals surface area (Å²) >= 11 is 1.42. The molecule has 4 rings (SSSR count). The first-order chi connectivity index (χ1) is 11.1. The summed E-state index contributed by atoms with van der Waals surface area (Å²) in [5.41, 5.74) is 2.36. The van der Waals surface area contributed by atoms with Gasteiger partial charge in [-0.1, -0.05) is 0 Å². The molecule has 0 saturated carbocycles. The average Bonchev–Trinajstić information content (AvgIpc) is 3.02. The van der Waals surface area contributed by atoms with Gasteiger partial charge in [-0.25, -0.2) is 0 Å². The molecule has 4 heterocycles. The van der Waals surface area contributed by atoms with Crippen LogP contribution in [0.15, 0.2) is 17.2 Å². The Labute approximate surface area is 136 Å². The predicted octanol–water partition coefficient (Wildman–Crippen LogP) is 2.37. The average molecular weight is 331 g/mol. The molecule has 23 heavy (non-hydrogen) atoms. The van der Waals surface area contributed by atoms with Crippen LogP contribution in [0.4, 0.5) is 0 Å². The number of thiophene rings is 1. The fourth-order valence-electron chi connectivity index (χ4n) is 3.14. The standard InChI is InChI=1S/C16H17N3O3S/c1-8(20)12-10-4-3-5-22-13-11(10)15(16(21)18-12)23-14(13)9-6-17-19(2)7-9/h6-8,20H,3-5H2,1-2H3,(H,18,21). The van der Waals surface area contributed by atoms with E-state index in [1.807, 2.05) is 13.2 Å². The van der Waals surface area contributed by atoms with Crippen LogP contribution in [0.1, 0.15) is 30.7 Å². The zero-order chi connectivity index (χ0) is 16.1. The van der Waals surface area contributed by atoms with Gasteiger partial charge in [0.25, 0.3) is 5.56 Å². The first-order valence-corrected chi connectivity index (χ1v) is 8.39. The maximum absolute atomic E-state index is 12.5. The van der Waals surface area contributed by atoms with Crippen molar-refractivity contribution in [3.63, 3.8) is 0 Å². The third-order valence-electron chi connectivity index (χ3n) is 4.15. The number of ether oxygens (including phenoxy) is 1. The molecule has 6 nitrogen and oxygen atoms in total. The summed E-state index contributed by atoms with van der Waals surface area (Å²) in [6, 6.07) is 0. The maximum atomic E-state index is 12.5. The van der Waals surface area contributed by atoms with Gasteiger partial charge in [-0.2, -0.15) is 5.10 Å². The van der Waals surface area contributed by atoms with Crippen LogP contribution in [0, 0.1) is 0 Å². The molecule has 120 valence electrons. The Bertz CT molecular complexity index is 952. The monoisotopic (exact) mass is 331 g/mol. The summed E-state index contributed by atoms with van der Waals surface area (Å²) in [5, 5.41) is 15.1. The van der Waals surface area contributed by atoms with E-state index in [2.05, 4.69) is 10.1 Å². The minimum atomic E-state index is -0.713. The Morgan fingerprint density at radius 2 is 2.35 bits per heavy atom. The van der Waals surface area contributed by atoms with Crippen LogP contribution < -0.4 is 10.3 Å². The van der Waals surface area contributed by atoms with E-state index in [1.54, 1.807) is 17.8 Å². The molecule has 1 atom stereocenters. The van der Waals surface area contributed by atoms with Crippen molar-refractivity contribution in [2.24, 2.45) is 7.05 Å². The van der Waals surface area contributed by atoms with E-state index in [-0.39, 0.29) is 5.56 Å². The van der Waals surface area contributed by atoms with Crippen molar-refractivity contribution in [1.82, 2.24) is 14.8 Å². The van der Waals surface area contributed by atoms with E-state index in [0.29, 0.717) is 17.0 Å². The van der Waals surface area contributed by atoms with Crippen molar-refractivity contribution in [3.05, 3.63) is 34.0 Å². The minimum absolute atomic E-state index is 0.174. The second kappa shape index (κ2) is 5.21. The lowest BCUT2D eigenvalue weighted by molar-refractivity contribution is 0.193. The molecule has 0 bridgehead atoms. The van der Waals surface area contributed by atoms with E-state index in [0.717, 1.165) is 40.0 Å². The van der Waals surface area contributed by atoms with Crippen molar-refractivity contribution in [3.8, 4) is 16.2 Å². The van der Waals surface area contributed by atoms with Gasteiger partial charge in [0.05, 0.1) is 29.5 Å². The van der Waals surface area contributed by atoms with Gasteiger partial charge in [0.1, 0.15) is 10.4 Å². The number of nitrogens with zero attached hydrogens (tertiary/aromatic N) is 2. The van der Waals surface area contributed by atoms with Crippen molar-refractivity contribution < 1.29 is 9.84 Å². The Morgan fingerprint density at radius 1 is 1.52 bits per heavy atom. The Kier molecular flexibility index (Phi) is 3.28. The topological polar surface area (TPSA) is 80.1 Å². The SMILES string of the molecule is CC(O)c1[nH]c(=O)c2sc(-c3cnn(C)c3)c3c2c1CCCO3. The second-order valence-electron chi connectivity index (χ2n) is 5.84. The third-order valence-corrected chi connectivity index (χ3v) is 5.37. The number of nitrogens with one attached hydrogen (secondary N) is 1. The van der Waals surface area contributed by atoms with E-state index in [1.165, 1.54) is 11.3 Å². The van der Waals surface area contributed by atoms with Gasteiger partial charge in [-0.3, -0.25) is 9.48 Å². The van der Waals surface area contributed by atoms with Gasteiger partial charge in [0, 0.05) is 24.2 Å². The molecule has 0 amide bonds. The van der Waals surface area contributed by atoms with Crippen LogP contribution in [0.3, 0.4) is 0 Å². The minimum Gasteiger partial charge on any atom is -0.491 e. The van der Waals surface area contributed by atoms with Crippen molar-refractivity contribution in [2.45, 2.75) is 25.9 Å². The molecule has 3 aromatic heterocycles.